The van der Waals surface area contributed by atoms with Gasteiger partial charge in [0.05, 0.1) is 13.2 Å². The number of nitrogens with one attached hydrogen (secondary N) is 2. The number of anilines is 1. The van der Waals surface area contributed by atoms with Gasteiger partial charge in [-0.3, -0.25) is 9.69 Å². The van der Waals surface area contributed by atoms with E-state index in [-0.39, 0.29) is 17.4 Å². The molecule has 2 heterocycles. The van der Waals surface area contributed by atoms with Crippen molar-refractivity contribution in [2.45, 2.75) is 6.54 Å². The van der Waals surface area contributed by atoms with E-state index < -0.39 is 0 Å². The fraction of sp³-hybridized carbons (Fsp3) is 0.389. The number of hydrogen-bond acceptors (Lipinski definition) is 6. The lowest BCUT2D eigenvalue weighted by atomic mass is 10.2. The Labute approximate surface area is 151 Å². The Morgan fingerprint density at radius 3 is 2.58 bits per heavy atom. The quantitative estimate of drug-likeness (QED) is 0.776. The monoisotopic (exact) mass is 359 g/mol. The van der Waals surface area contributed by atoms with Crippen LogP contribution in [0.5, 0.6) is 0 Å². The Morgan fingerprint density at radius 2 is 1.88 bits per heavy atom. The molecule has 1 aromatic heterocycles. The first kappa shape index (κ1) is 18.2. The third-order valence-electron chi connectivity index (χ3n) is 4.10. The zero-order valence-electron chi connectivity index (χ0n) is 14.4. The standard InChI is InChI=1S/C18H22FN5O2/c19-15-3-1-14(2-4-15)13-21-18(25)16-5-6-17(23-22-16)20-7-8-24-9-11-26-12-10-24/h1-6H,7-13H2,(H,20,23)(H,21,25). The van der Waals surface area contributed by atoms with Gasteiger partial charge in [-0.05, 0) is 29.8 Å². The summed E-state index contributed by atoms with van der Waals surface area (Å²) in [5.74, 6) is 0.0117. The molecule has 7 nitrogen and oxygen atoms in total. The number of amides is 1. The van der Waals surface area contributed by atoms with Crippen LogP contribution in [0.4, 0.5) is 10.2 Å². The zero-order chi connectivity index (χ0) is 18.2. The lowest BCUT2D eigenvalue weighted by Crippen LogP contribution is -2.39. The number of carbonyl (C=O) groups is 1. The van der Waals surface area contributed by atoms with Gasteiger partial charge in [0.15, 0.2) is 5.69 Å². The van der Waals surface area contributed by atoms with Crippen LogP contribution in [0, 0.1) is 5.82 Å². The second-order valence-electron chi connectivity index (χ2n) is 5.99. The Hall–Kier alpha value is -2.58. The lowest BCUT2D eigenvalue weighted by Gasteiger charge is -2.26. The smallest absolute Gasteiger partial charge is 0.272 e. The van der Waals surface area contributed by atoms with E-state index in [9.17, 15) is 9.18 Å². The average Bonchev–Trinajstić information content (AvgIpc) is 2.69. The molecule has 0 radical (unpaired) electrons. The lowest BCUT2D eigenvalue weighted by molar-refractivity contribution is 0.0398. The first-order valence-electron chi connectivity index (χ1n) is 8.61. The molecule has 8 heteroatoms. The molecule has 0 bridgehead atoms. The molecule has 1 fully saturated rings. The Balaban J connectivity index is 1.42. The van der Waals surface area contributed by atoms with Gasteiger partial charge in [0.25, 0.3) is 5.91 Å². The molecule has 0 spiro atoms. The van der Waals surface area contributed by atoms with Crippen LogP contribution in [0.1, 0.15) is 16.1 Å². The number of carbonyl (C=O) groups excluding carboxylic acids is 1. The maximum Gasteiger partial charge on any atom is 0.272 e. The number of halogens is 1. The van der Waals surface area contributed by atoms with Crippen molar-refractivity contribution in [1.29, 1.82) is 0 Å². The fourth-order valence-corrected chi connectivity index (χ4v) is 2.59. The minimum absolute atomic E-state index is 0.242. The highest BCUT2D eigenvalue weighted by Crippen LogP contribution is 2.05. The summed E-state index contributed by atoms with van der Waals surface area (Å²) in [5.41, 5.74) is 1.06. The third kappa shape index (κ3) is 5.47. The number of rotatable bonds is 7. The summed E-state index contributed by atoms with van der Waals surface area (Å²) in [6.45, 7) is 5.42. The van der Waals surface area contributed by atoms with Crippen LogP contribution in [0.3, 0.4) is 0 Å². The van der Waals surface area contributed by atoms with E-state index in [0.29, 0.717) is 12.4 Å². The van der Waals surface area contributed by atoms with E-state index in [0.717, 1.165) is 45.0 Å². The highest BCUT2D eigenvalue weighted by Gasteiger charge is 2.10. The molecule has 0 saturated carbocycles. The van der Waals surface area contributed by atoms with Crippen LogP contribution in [0.2, 0.25) is 0 Å². The molecule has 138 valence electrons. The van der Waals surface area contributed by atoms with Crippen LogP contribution in [-0.4, -0.2) is 60.4 Å². The van der Waals surface area contributed by atoms with Gasteiger partial charge in [0.2, 0.25) is 0 Å². The summed E-state index contributed by atoms with van der Waals surface area (Å²) in [7, 11) is 0. The van der Waals surface area contributed by atoms with Crippen LogP contribution < -0.4 is 10.6 Å². The second kappa shape index (κ2) is 9.21. The summed E-state index contributed by atoms with van der Waals surface area (Å²) in [4.78, 5) is 14.4. The Morgan fingerprint density at radius 1 is 1.12 bits per heavy atom. The number of hydrogen-bond donors (Lipinski definition) is 2. The van der Waals surface area contributed by atoms with Crippen molar-refractivity contribution in [3.8, 4) is 0 Å². The van der Waals surface area contributed by atoms with Crippen molar-refractivity contribution < 1.29 is 13.9 Å². The zero-order valence-corrected chi connectivity index (χ0v) is 14.4. The van der Waals surface area contributed by atoms with E-state index in [2.05, 4.69) is 25.7 Å². The maximum atomic E-state index is 12.9. The van der Waals surface area contributed by atoms with E-state index >= 15 is 0 Å². The first-order chi connectivity index (χ1) is 12.7. The van der Waals surface area contributed by atoms with Crippen molar-refractivity contribution in [1.82, 2.24) is 20.4 Å². The predicted molar refractivity (Wildman–Crippen MR) is 95.4 cm³/mol. The van der Waals surface area contributed by atoms with Crippen LogP contribution in [0.25, 0.3) is 0 Å². The number of ether oxygens (including phenoxy) is 1. The number of nitrogens with zero attached hydrogens (tertiary/aromatic N) is 3. The molecular weight excluding hydrogens is 337 g/mol. The van der Waals surface area contributed by atoms with Gasteiger partial charge in [-0.25, -0.2) is 4.39 Å². The molecule has 26 heavy (non-hydrogen) atoms. The van der Waals surface area contributed by atoms with Crippen LogP contribution >= 0.6 is 0 Å². The second-order valence-corrected chi connectivity index (χ2v) is 5.99. The van der Waals surface area contributed by atoms with Gasteiger partial charge < -0.3 is 15.4 Å². The van der Waals surface area contributed by atoms with Crippen molar-refractivity contribution in [2.24, 2.45) is 0 Å². The molecule has 1 saturated heterocycles. The Bertz CT molecular complexity index is 703. The largest absolute Gasteiger partial charge is 0.379 e. The van der Waals surface area contributed by atoms with Gasteiger partial charge in [0, 0.05) is 32.7 Å². The molecule has 1 aliphatic rings. The van der Waals surface area contributed by atoms with Crippen LogP contribution in [0.15, 0.2) is 36.4 Å². The molecule has 0 atom stereocenters. The van der Waals surface area contributed by atoms with Crippen molar-refractivity contribution >= 4 is 11.7 Å². The molecule has 0 aliphatic carbocycles. The Kier molecular flexibility index (Phi) is 6.45. The van der Waals surface area contributed by atoms with E-state index in [1.54, 1.807) is 24.3 Å². The van der Waals surface area contributed by atoms with E-state index in [1.165, 1.54) is 12.1 Å². The highest BCUT2D eigenvalue weighted by atomic mass is 19.1. The molecule has 2 aromatic rings. The number of benzene rings is 1. The van der Waals surface area contributed by atoms with Crippen molar-refractivity contribution in [3.05, 3.63) is 53.5 Å². The van der Waals surface area contributed by atoms with Gasteiger partial charge in [-0.1, -0.05) is 12.1 Å². The molecule has 2 N–H and O–H groups in total. The molecule has 3 rings (SSSR count). The molecule has 1 aliphatic heterocycles. The average molecular weight is 359 g/mol. The number of aromatic nitrogens is 2. The first-order valence-corrected chi connectivity index (χ1v) is 8.61. The SMILES string of the molecule is O=C(NCc1ccc(F)cc1)c1ccc(NCCN2CCOCC2)nn1. The number of morpholine rings is 1. The highest BCUT2D eigenvalue weighted by molar-refractivity contribution is 5.92. The molecule has 1 amide bonds. The summed E-state index contributed by atoms with van der Waals surface area (Å²) in [6.07, 6.45) is 0. The van der Waals surface area contributed by atoms with Crippen LogP contribution in [-0.2, 0) is 11.3 Å². The summed E-state index contributed by atoms with van der Waals surface area (Å²) in [6, 6.07) is 9.34. The summed E-state index contributed by atoms with van der Waals surface area (Å²) >= 11 is 0. The van der Waals surface area contributed by atoms with Gasteiger partial charge in [-0.2, -0.15) is 0 Å². The van der Waals surface area contributed by atoms with E-state index in [4.69, 9.17) is 4.74 Å². The third-order valence-corrected chi connectivity index (χ3v) is 4.10. The normalized spacial score (nSPS) is 14.8. The fourth-order valence-electron chi connectivity index (χ4n) is 2.59. The minimum Gasteiger partial charge on any atom is -0.379 e. The molecule has 1 aromatic carbocycles. The summed E-state index contributed by atoms with van der Waals surface area (Å²) in [5, 5.41) is 13.9. The predicted octanol–water partition coefficient (Wildman–Crippen LogP) is 1.29. The van der Waals surface area contributed by atoms with Crippen molar-refractivity contribution in [3.63, 3.8) is 0 Å². The maximum absolute atomic E-state index is 12.9. The van der Waals surface area contributed by atoms with Crippen molar-refractivity contribution in [2.75, 3.05) is 44.7 Å². The molecular formula is C18H22FN5O2. The van der Waals surface area contributed by atoms with Gasteiger partial charge in [0.1, 0.15) is 11.6 Å². The minimum atomic E-state index is -0.318. The van der Waals surface area contributed by atoms with Gasteiger partial charge in [-0.15, -0.1) is 10.2 Å². The summed E-state index contributed by atoms with van der Waals surface area (Å²) < 4.78 is 18.2. The topological polar surface area (TPSA) is 79.4 Å². The molecule has 0 unspecified atom stereocenters. The van der Waals surface area contributed by atoms with Gasteiger partial charge >= 0.3 is 0 Å². The van der Waals surface area contributed by atoms with E-state index in [1.807, 2.05) is 0 Å².